The summed E-state index contributed by atoms with van der Waals surface area (Å²) >= 11 is 1.74. The van der Waals surface area contributed by atoms with Crippen LogP contribution >= 0.6 is 11.8 Å². The molecule has 0 aromatic heterocycles. The van der Waals surface area contributed by atoms with Gasteiger partial charge in [0.05, 0.1) is 6.10 Å². The molecule has 0 bridgehead atoms. The molecule has 0 aliphatic heterocycles. The Kier molecular flexibility index (Phi) is 5.81. The van der Waals surface area contributed by atoms with Crippen LogP contribution in [0.2, 0.25) is 0 Å². The van der Waals surface area contributed by atoms with E-state index in [9.17, 15) is 5.11 Å². The third-order valence-electron chi connectivity index (χ3n) is 2.35. The number of aliphatic hydroxyl groups excluding tert-OH is 1. The van der Waals surface area contributed by atoms with Crippen LogP contribution in [0.25, 0.3) is 0 Å². The summed E-state index contributed by atoms with van der Waals surface area (Å²) in [7, 11) is 0. The van der Waals surface area contributed by atoms with E-state index < -0.39 is 0 Å². The second-order valence-electron chi connectivity index (χ2n) is 3.92. The predicted octanol–water partition coefficient (Wildman–Crippen LogP) is 3.64. The van der Waals surface area contributed by atoms with Crippen LogP contribution in [-0.2, 0) is 0 Å². The zero-order valence-electron chi connectivity index (χ0n) is 9.57. The van der Waals surface area contributed by atoms with Crippen LogP contribution < -0.4 is 0 Å². The SMILES string of the molecule is CCCCC(O)CSc1ccc(C)cc1. The Morgan fingerprint density at radius 3 is 2.53 bits per heavy atom. The van der Waals surface area contributed by atoms with Gasteiger partial charge in [0, 0.05) is 10.6 Å². The number of thioether (sulfide) groups is 1. The van der Waals surface area contributed by atoms with Crippen LogP contribution in [0.3, 0.4) is 0 Å². The average Bonchev–Trinajstić information content (AvgIpc) is 2.25. The van der Waals surface area contributed by atoms with E-state index in [1.165, 1.54) is 10.5 Å². The van der Waals surface area contributed by atoms with Gasteiger partial charge in [-0.3, -0.25) is 0 Å². The fraction of sp³-hybridized carbons (Fsp3) is 0.538. The largest absolute Gasteiger partial charge is 0.392 e. The molecular formula is C13H20OS. The Morgan fingerprint density at radius 2 is 1.93 bits per heavy atom. The molecule has 0 radical (unpaired) electrons. The lowest BCUT2D eigenvalue weighted by Gasteiger charge is -2.09. The van der Waals surface area contributed by atoms with Gasteiger partial charge in [-0.2, -0.15) is 0 Å². The Bertz CT molecular complexity index is 268. The van der Waals surface area contributed by atoms with Crippen molar-refractivity contribution in [1.82, 2.24) is 0 Å². The Hall–Kier alpha value is -0.470. The van der Waals surface area contributed by atoms with Crippen molar-refractivity contribution in [3.63, 3.8) is 0 Å². The summed E-state index contributed by atoms with van der Waals surface area (Å²) in [4.78, 5) is 1.25. The summed E-state index contributed by atoms with van der Waals surface area (Å²) in [5.74, 6) is 0.809. The van der Waals surface area contributed by atoms with Gasteiger partial charge in [0.15, 0.2) is 0 Å². The van der Waals surface area contributed by atoms with E-state index in [-0.39, 0.29) is 6.10 Å². The molecule has 84 valence electrons. The zero-order valence-corrected chi connectivity index (χ0v) is 10.4. The first kappa shape index (κ1) is 12.6. The monoisotopic (exact) mass is 224 g/mol. The molecule has 1 unspecified atom stereocenters. The highest BCUT2D eigenvalue weighted by Crippen LogP contribution is 2.20. The number of rotatable bonds is 6. The van der Waals surface area contributed by atoms with Crippen LogP contribution in [-0.4, -0.2) is 17.0 Å². The molecule has 0 saturated heterocycles. The highest BCUT2D eigenvalue weighted by atomic mass is 32.2. The van der Waals surface area contributed by atoms with Gasteiger partial charge >= 0.3 is 0 Å². The van der Waals surface area contributed by atoms with E-state index in [2.05, 4.69) is 38.1 Å². The second-order valence-corrected chi connectivity index (χ2v) is 5.01. The van der Waals surface area contributed by atoms with E-state index in [1.54, 1.807) is 11.8 Å². The van der Waals surface area contributed by atoms with Crippen LogP contribution in [0.1, 0.15) is 31.7 Å². The summed E-state index contributed by atoms with van der Waals surface area (Å²) < 4.78 is 0. The van der Waals surface area contributed by atoms with Gasteiger partial charge in [-0.05, 0) is 25.5 Å². The fourth-order valence-electron chi connectivity index (χ4n) is 1.35. The van der Waals surface area contributed by atoms with Crippen molar-refractivity contribution in [2.24, 2.45) is 0 Å². The molecule has 0 heterocycles. The van der Waals surface area contributed by atoms with Gasteiger partial charge in [0.2, 0.25) is 0 Å². The molecule has 1 rings (SSSR count). The van der Waals surface area contributed by atoms with Crippen molar-refractivity contribution in [2.45, 2.75) is 44.1 Å². The van der Waals surface area contributed by atoms with E-state index in [1.807, 2.05) is 0 Å². The molecule has 0 saturated carbocycles. The molecule has 1 aromatic carbocycles. The molecule has 0 spiro atoms. The number of unbranched alkanes of at least 4 members (excludes halogenated alkanes) is 1. The minimum absolute atomic E-state index is 0.156. The molecular weight excluding hydrogens is 204 g/mol. The van der Waals surface area contributed by atoms with E-state index in [4.69, 9.17) is 0 Å². The van der Waals surface area contributed by atoms with Gasteiger partial charge in [-0.15, -0.1) is 11.8 Å². The van der Waals surface area contributed by atoms with Crippen molar-refractivity contribution < 1.29 is 5.11 Å². The van der Waals surface area contributed by atoms with Gasteiger partial charge in [-0.25, -0.2) is 0 Å². The van der Waals surface area contributed by atoms with Gasteiger partial charge in [0.25, 0.3) is 0 Å². The van der Waals surface area contributed by atoms with E-state index >= 15 is 0 Å². The number of hydrogen-bond donors (Lipinski definition) is 1. The lowest BCUT2D eigenvalue weighted by Crippen LogP contribution is -2.09. The van der Waals surface area contributed by atoms with Gasteiger partial charge in [-0.1, -0.05) is 37.5 Å². The molecule has 0 fully saturated rings. The average molecular weight is 224 g/mol. The van der Waals surface area contributed by atoms with Gasteiger partial charge < -0.3 is 5.11 Å². The van der Waals surface area contributed by atoms with Crippen LogP contribution in [0.15, 0.2) is 29.2 Å². The normalized spacial score (nSPS) is 12.7. The number of aryl methyl sites for hydroxylation is 1. The summed E-state index contributed by atoms with van der Waals surface area (Å²) in [5, 5.41) is 9.68. The Morgan fingerprint density at radius 1 is 1.27 bits per heavy atom. The maximum Gasteiger partial charge on any atom is 0.0634 e. The van der Waals surface area contributed by atoms with E-state index in [0.717, 1.165) is 25.0 Å². The minimum Gasteiger partial charge on any atom is -0.392 e. The maximum atomic E-state index is 9.68. The first-order chi connectivity index (χ1) is 7.22. The van der Waals surface area contributed by atoms with Crippen LogP contribution in [0.4, 0.5) is 0 Å². The standard InChI is InChI=1S/C13H20OS/c1-3-4-5-12(14)10-15-13-8-6-11(2)7-9-13/h6-9,12,14H,3-5,10H2,1-2H3. The third-order valence-corrected chi connectivity index (χ3v) is 3.51. The summed E-state index contributed by atoms with van der Waals surface area (Å²) in [6.07, 6.45) is 3.05. The summed E-state index contributed by atoms with van der Waals surface area (Å²) in [6.45, 7) is 4.24. The second kappa shape index (κ2) is 6.91. The molecule has 0 aliphatic rings. The first-order valence-corrected chi connectivity index (χ1v) is 6.58. The predicted molar refractivity (Wildman–Crippen MR) is 67.4 cm³/mol. The number of aliphatic hydroxyl groups is 1. The fourth-order valence-corrected chi connectivity index (χ4v) is 2.23. The molecule has 1 nitrogen and oxygen atoms in total. The molecule has 0 amide bonds. The zero-order chi connectivity index (χ0) is 11.1. The molecule has 1 aromatic rings. The van der Waals surface area contributed by atoms with Crippen molar-refractivity contribution in [3.8, 4) is 0 Å². The summed E-state index contributed by atoms with van der Waals surface area (Å²) in [6, 6.07) is 8.46. The topological polar surface area (TPSA) is 20.2 Å². The molecule has 1 atom stereocenters. The quantitative estimate of drug-likeness (QED) is 0.744. The molecule has 0 aliphatic carbocycles. The third kappa shape index (κ3) is 5.24. The molecule has 2 heteroatoms. The lowest BCUT2D eigenvalue weighted by atomic mass is 10.2. The van der Waals surface area contributed by atoms with Crippen LogP contribution in [0.5, 0.6) is 0 Å². The maximum absolute atomic E-state index is 9.68. The Labute approximate surface area is 96.9 Å². The highest BCUT2D eigenvalue weighted by molar-refractivity contribution is 7.99. The minimum atomic E-state index is -0.156. The van der Waals surface area contributed by atoms with Crippen LogP contribution in [0, 0.1) is 6.92 Å². The number of benzene rings is 1. The van der Waals surface area contributed by atoms with Gasteiger partial charge in [0.1, 0.15) is 0 Å². The van der Waals surface area contributed by atoms with Crippen molar-refractivity contribution in [1.29, 1.82) is 0 Å². The summed E-state index contributed by atoms with van der Waals surface area (Å²) in [5.41, 5.74) is 1.28. The van der Waals surface area contributed by atoms with Crippen molar-refractivity contribution >= 4 is 11.8 Å². The lowest BCUT2D eigenvalue weighted by molar-refractivity contribution is 0.186. The smallest absolute Gasteiger partial charge is 0.0634 e. The molecule has 15 heavy (non-hydrogen) atoms. The van der Waals surface area contributed by atoms with Crippen molar-refractivity contribution in [2.75, 3.05) is 5.75 Å². The highest BCUT2D eigenvalue weighted by Gasteiger charge is 2.03. The number of hydrogen-bond acceptors (Lipinski definition) is 2. The Balaban J connectivity index is 2.27. The first-order valence-electron chi connectivity index (χ1n) is 5.60. The van der Waals surface area contributed by atoms with Crippen molar-refractivity contribution in [3.05, 3.63) is 29.8 Å². The van der Waals surface area contributed by atoms with E-state index in [0.29, 0.717) is 0 Å². The molecule has 1 N–H and O–H groups in total.